The molecule has 20 heavy (non-hydrogen) atoms. The van der Waals surface area contributed by atoms with Gasteiger partial charge in [0.1, 0.15) is 5.75 Å². The van der Waals surface area contributed by atoms with E-state index in [0.29, 0.717) is 0 Å². The van der Waals surface area contributed by atoms with Crippen molar-refractivity contribution in [1.82, 2.24) is 4.90 Å². The van der Waals surface area contributed by atoms with Crippen LogP contribution in [0.25, 0.3) is 0 Å². The largest absolute Gasteiger partial charge is 0.496 e. The van der Waals surface area contributed by atoms with Crippen LogP contribution in [0.2, 0.25) is 0 Å². The normalized spacial score (nSPS) is 10.2. The Morgan fingerprint density at radius 1 is 1.35 bits per heavy atom. The van der Waals surface area contributed by atoms with E-state index in [9.17, 15) is 4.79 Å². The van der Waals surface area contributed by atoms with Crippen molar-refractivity contribution in [2.45, 2.75) is 32.7 Å². The lowest BCUT2D eigenvalue weighted by atomic mass is 10.1. The number of unbranched alkanes of at least 4 members (excludes halogenated alkanes) is 1. The lowest BCUT2D eigenvalue weighted by Crippen LogP contribution is -2.19. The standard InChI is InChI=1S/C15H23NO3.ClH/c1-12-10-13(7-8-14(12)19-3)11-16(2)9-5-4-6-15(17)18;/h7-8,10H,4-6,9,11H2,1-3H3,(H,17,18);1H. The Morgan fingerprint density at radius 3 is 2.60 bits per heavy atom. The van der Waals surface area contributed by atoms with E-state index < -0.39 is 5.97 Å². The zero-order valence-corrected chi connectivity index (χ0v) is 13.2. The van der Waals surface area contributed by atoms with Crippen LogP contribution in [0.15, 0.2) is 18.2 Å². The van der Waals surface area contributed by atoms with Crippen LogP contribution in [0.1, 0.15) is 30.4 Å². The number of aryl methyl sites for hydroxylation is 1. The van der Waals surface area contributed by atoms with Crippen LogP contribution in [0, 0.1) is 6.92 Å². The smallest absolute Gasteiger partial charge is 0.303 e. The van der Waals surface area contributed by atoms with Crippen molar-refractivity contribution in [3.05, 3.63) is 29.3 Å². The van der Waals surface area contributed by atoms with Gasteiger partial charge in [-0.25, -0.2) is 0 Å². The van der Waals surface area contributed by atoms with Gasteiger partial charge in [-0.15, -0.1) is 12.4 Å². The number of carbonyl (C=O) groups is 1. The number of halogens is 1. The molecule has 1 aromatic carbocycles. The highest BCUT2D eigenvalue weighted by Crippen LogP contribution is 2.19. The Kier molecular flexibility index (Phi) is 9.01. The van der Waals surface area contributed by atoms with Gasteiger partial charge in [0.05, 0.1) is 7.11 Å². The van der Waals surface area contributed by atoms with Gasteiger partial charge < -0.3 is 14.7 Å². The first kappa shape index (κ1) is 18.7. The number of hydrogen-bond acceptors (Lipinski definition) is 3. The molecule has 1 N–H and O–H groups in total. The zero-order chi connectivity index (χ0) is 14.3. The topological polar surface area (TPSA) is 49.8 Å². The van der Waals surface area contributed by atoms with E-state index in [1.165, 1.54) is 5.56 Å². The molecule has 0 saturated heterocycles. The van der Waals surface area contributed by atoms with Crippen molar-refractivity contribution < 1.29 is 14.6 Å². The van der Waals surface area contributed by atoms with Gasteiger partial charge in [0.2, 0.25) is 0 Å². The van der Waals surface area contributed by atoms with E-state index in [1.807, 2.05) is 13.0 Å². The number of carboxylic acids is 1. The number of ether oxygens (including phenoxy) is 1. The number of methoxy groups -OCH3 is 1. The Morgan fingerprint density at radius 2 is 2.05 bits per heavy atom. The molecule has 0 amide bonds. The highest BCUT2D eigenvalue weighted by molar-refractivity contribution is 5.85. The van der Waals surface area contributed by atoms with Gasteiger partial charge in [0.25, 0.3) is 0 Å². The molecule has 0 heterocycles. The van der Waals surface area contributed by atoms with Crippen molar-refractivity contribution in [2.24, 2.45) is 0 Å². The summed E-state index contributed by atoms with van der Waals surface area (Å²) in [4.78, 5) is 12.6. The summed E-state index contributed by atoms with van der Waals surface area (Å²) in [6, 6.07) is 6.19. The van der Waals surface area contributed by atoms with Gasteiger partial charge in [-0.05, 0) is 50.6 Å². The molecule has 4 nitrogen and oxygen atoms in total. The summed E-state index contributed by atoms with van der Waals surface area (Å²) in [5, 5.41) is 8.57. The van der Waals surface area contributed by atoms with Crippen LogP contribution in [-0.4, -0.2) is 36.7 Å². The van der Waals surface area contributed by atoms with Crippen molar-refractivity contribution in [3.63, 3.8) is 0 Å². The molecular formula is C15H24ClNO3. The molecule has 0 aliphatic carbocycles. The maximum Gasteiger partial charge on any atom is 0.303 e. The van der Waals surface area contributed by atoms with E-state index in [2.05, 4.69) is 24.1 Å². The molecule has 0 bridgehead atoms. The van der Waals surface area contributed by atoms with Gasteiger partial charge >= 0.3 is 5.97 Å². The summed E-state index contributed by atoms with van der Waals surface area (Å²) in [7, 11) is 3.73. The molecule has 0 fully saturated rings. The molecule has 114 valence electrons. The third-order valence-electron chi connectivity index (χ3n) is 3.09. The predicted molar refractivity (Wildman–Crippen MR) is 82.8 cm³/mol. The first-order chi connectivity index (χ1) is 9.02. The van der Waals surface area contributed by atoms with Crippen molar-refractivity contribution in [2.75, 3.05) is 20.7 Å². The zero-order valence-electron chi connectivity index (χ0n) is 12.4. The maximum atomic E-state index is 10.4. The third-order valence-corrected chi connectivity index (χ3v) is 3.09. The SMILES string of the molecule is COc1ccc(CN(C)CCCCC(=O)O)cc1C.Cl. The number of aliphatic carboxylic acids is 1. The lowest BCUT2D eigenvalue weighted by Gasteiger charge is -2.17. The first-order valence-corrected chi connectivity index (χ1v) is 6.56. The molecule has 1 aromatic rings. The molecule has 0 radical (unpaired) electrons. The molecule has 0 aliphatic heterocycles. The molecule has 0 unspecified atom stereocenters. The highest BCUT2D eigenvalue weighted by atomic mass is 35.5. The molecule has 0 aliphatic rings. The molecule has 0 spiro atoms. The van der Waals surface area contributed by atoms with E-state index in [4.69, 9.17) is 9.84 Å². The van der Waals surface area contributed by atoms with Crippen LogP contribution in [0.5, 0.6) is 5.75 Å². The van der Waals surface area contributed by atoms with Crippen LogP contribution >= 0.6 is 12.4 Å². The molecule has 0 aromatic heterocycles. The average molecular weight is 302 g/mol. The molecule has 0 atom stereocenters. The summed E-state index contributed by atoms with van der Waals surface area (Å²) >= 11 is 0. The Hall–Kier alpha value is -1.26. The lowest BCUT2D eigenvalue weighted by molar-refractivity contribution is -0.137. The summed E-state index contributed by atoms with van der Waals surface area (Å²) < 4.78 is 5.24. The van der Waals surface area contributed by atoms with Gasteiger partial charge in [-0.3, -0.25) is 4.79 Å². The Labute approximate surface area is 127 Å². The van der Waals surface area contributed by atoms with Gasteiger partial charge in [0, 0.05) is 13.0 Å². The quantitative estimate of drug-likeness (QED) is 0.750. The number of rotatable bonds is 8. The number of benzene rings is 1. The minimum Gasteiger partial charge on any atom is -0.496 e. The van der Waals surface area contributed by atoms with Gasteiger partial charge in [-0.1, -0.05) is 12.1 Å². The fourth-order valence-corrected chi connectivity index (χ4v) is 2.09. The number of hydrogen-bond donors (Lipinski definition) is 1. The molecule has 0 saturated carbocycles. The second kappa shape index (κ2) is 9.61. The van der Waals surface area contributed by atoms with Crippen molar-refractivity contribution in [3.8, 4) is 5.75 Å². The number of nitrogens with zero attached hydrogens (tertiary/aromatic N) is 1. The van der Waals surface area contributed by atoms with E-state index in [0.717, 1.165) is 37.2 Å². The molecule has 1 rings (SSSR count). The summed E-state index contributed by atoms with van der Waals surface area (Å²) in [5.74, 6) is 0.196. The van der Waals surface area contributed by atoms with Crippen LogP contribution < -0.4 is 4.74 Å². The average Bonchev–Trinajstić information content (AvgIpc) is 2.35. The minimum absolute atomic E-state index is 0. The predicted octanol–water partition coefficient (Wildman–Crippen LogP) is 3.11. The van der Waals surface area contributed by atoms with Crippen LogP contribution in [-0.2, 0) is 11.3 Å². The maximum absolute atomic E-state index is 10.4. The summed E-state index contributed by atoms with van der Waals surface area (Å²) in [6.07, 6.45) is 1.91. The van der Waals surface area contributed by atoms with Crippen molar-refractivity contribution in [1.29, 1.82) is 0 Å². The number of carboxylic acid groups (broad SMARTS) is 1. The van der Waals surface area contributed by atoms with E-state index in [-0.39, 0.29) is 18.8 Å². The Balaban J connectivity index is 0.00000361. The fourth-order valence-electron chi connectivity index (χ4n) is 2.09. The van der Waals surface area contributed by atoms with Crippen LogP contribution in [0.4, 0.5) is 0 Å². The fraction of sp³-hybridized carbons (Fsp3) is 0.533. The Bertz CT molecular complexity index is 424. The highest BCUT2D eigenvalue weighted by Gasteiger charge is 2.04. The van der Waals surface area contributed by atoms with Crippen molar-refractivity contribution >= 4 is 18.4 Å². The van der Waals surface area contributed by atoms with Gasteiger partial charge in [-0.2, -0.15) is 0 Å². The molecular weight excluding hydrogens is 278 g/mol. The van der Waals surface area contributed by atoms with E-state index in [1.54, 1.807) is 7.11 Å². The summed E-state index contributed by atoms with van der Waals surface area (Å²) in [6.45, 7) is 3.82. The minimum atomic E-state index is -0.714. The van der Waals surface area contributed by atoms with Gasteiger partial charge in [0.15, 0.2) is 0 Å². The van der Waals surface area contributed by atoms with Crippen LogP contribution in [0.3, 0.4) is 0 Å². The first-order valence-electron chi connectivity index (χ1n) is 6.56. The monoisotopic (exact) mass is 301 g/mol. The third kappa shape index (κ3) is 6.78. The molecule has 5 heteroatoms. The summed E-state index contributed by atoms with van der Waals surface area (Å²) in [5.41, 5.74) is 2.39. The second-order valence-corrected chi connectivity index (χ2v) is 4.89. The van der Waals surface area contributed by atoms with E-state index >= 15 is 0 Å². The second-order valence-electron chi connectivity index (χ2n) is 4.89.